The van der Waals surface area contributed by atoms with E-state index in [1.807, 2.05) is 32.9 Å². The number of allylic oxidation sites excluding steroid dienone is 2. The third-order valence-corrected chi connectivity index (χ3v) is 6.39. The molecule has 0 saturated carbocycles. The van der Waals surface area contributed by atoms with Crippen LogP contribution in [0.25, 0.3) is 0 Å². The molecule has 0 saturated heterocycles. The van der Waals surface area contributed by atoms with Gasteiger partial charge < -0.3 is 14.8 Å². The van der Waals surface area contributed by atoms with E-state index in [9.17, 15) is 4.79 Å². The maximum absolute atomic E-state index is 12.7. The lowest BCUT2D eigenvalue weighted by Crippen LogP contribution is -2.28. The summed E-state index contributed by atoms with van der Waals surface area (Å²) in [5.41, 5.74) is 2.31. The van der Waals surface area contributed by atoms with Crippen molar-refractivity contribution in [3.63, 3.8) is 0 Å². The summed E-state index contributed by atoms with van der Waals surface area (Å²) in [7, 11) is 0. The van der Waals surface area contributed by atoms with Crippen molar-refractivity contribution in [2.75, 3.05) is 24.3 Å². The summed E-state index contributed by atoms with van der Waals surface area (Å²) in [5, 5.41) is 8.70. The molecule has 0 spiro atoms. The van der Waals surface area contributed by atoms with Crippen molar-refractivity contribution in [2.24, 2.45) is 0 Å². The molecule has 0 radical (unpaired) electrons. The number of aromatic nitrogens is 3. The van der Waals surface area contributed by atoms with Crippen LogP contribution < -0.4 is 14.8 Å². The molecule has 1 unspecified atom stereocenters. The molecule has 0 bridgehead atoms. The van der Waals surface area contributed by atoms with Crippen LogP contribution in [-0.4, -0.2) is 39.5 Å². The zero-order valence-corrected chi connectivity index (χ0v) is 21.0. The Hall–Kier alpha value is -2.00. The van der Waals surface area contributed by atoms with Gasteiger partial charge in [-0.15, -0.1) is 5.10 Å². The van der Waals surface area contributed by atoms with Gasteiger partial charge in [0, 0.05) is 17.0 Å². The third kappa shape index (κ3) is 5.09. The van der Waals surface area contributed by atoms with Crippen molar-refractivity contribution in [3.05, 3.63) is 33.4 Å². The van der Waals surface area contributed by atoms with E-state index in [1.165, 1.54) is 0 Å². The molecule has 9 heteroatoms. The monoisotopic (exact) mass is 508 g/mol. The van der Waals surface area contributed by atoms with Crippen LogP contribution in [0.1, 0.15) is 59.1 Å². The summed E-state index contributed by atoms with van der Waals surface area (Å²) in [6, 6.07) is 3.49. The van der Waals surface area contributed by atoms with Gasteiger partial charge in [-0.1, -0.05) is 25.1 Å². The highest BCUT2D eigenvalue weighted by Gasteiger charge is 2.33. The van der Waals surface area contributed by atoms with Crippen LogP contribution in [0.5, 0.6) is 11.5 Å². The van der Waals surface area contributed by atoms with Crippen molar-refractivity contribution in [3.8, 4) is 11.5 Å². The first-order valence-corrected chi connectivity index (χ1v) is 12.4. The summed E-state index contributed by atoms with van der Waals surface area (Å²) in [4.78, 5) is 17.3. The number of fused-ring (bicyclic) bond motifs is 1. The second-order valence-electron chi connectivity index (χ2n) is 7.18. The highest BCUT2D eigenvalue weighted by molar-refractivity contribution is 9.10. The van der Waals surface area contributed by atoms with E-state index >= 15 is 0 Å². The predicted octanol–water partition coefficient (Wildman–Crippen LogP) is 5.61. The molecular formula is C22H29BrN4O3S. The van der Waals surface area contributed by atoms with E-state index in [0.717, 1.165) is 34.3 Å². The number of carbonyl (C=O) groups is 1. The van der Waals surface area contributed by atoms with Crippen LogP contribution >= 0.6 is 27.7 Å². The number of rotatable bonds is 10. The van der Waals surface area contributed by atoms with Crippen LogP contribution in [0.3, 0.4) is 0 Å². The molecule has 0 aliphatic carbocycles. The van der Waals surface area contributed by atoms with Crippen LogP contribution in [0.4, 0.5) is 5.95 Å². The molecule has 31 heavy (non-hydrogen) atoms. The highest BCUT2D eigenvalue weighted by Crippen LogP contribution is 2.43. The minimum absolute atomic E-state index is 0.0145. The maximum Gasteiger partial charge on any atom is 0.227 e. The minimum Gasteiger partial charge on any atom is -0.490 e. The van der Waals surface area contributed by atoms with Crippen LogP contribution in [0.2, 0.25) is 0 Å². The zero-order valence-electron chi connectivity index (χ0n) is 18.6. The Kier molecular flexibility index (Phi) is 8.05. The van der Waals surface area contributed by atoms with Gasteiger partial charge in [-0.2, -0.15) is 4.98 Å². The summed E-state index contributed by atoms with van der Waals surface area (Å²) < 4.78 is 14.2. The van der Waals surface area contributed by atoms with E-state index in [4.69, 9.17) is 14.6 Å². The number of carbonyl (C=O) groups excluding carboxylic acids is 1. The molecule has 1 aliphatic heterocycles. The first-order valence-electron chi connectivity index (χ1n) is 10.6. The van der Waals surface area contributed by atoms with E-state index in [2.05, 4.69) is 33.2 Å². The van der Waals surface area contributed by atoms with Gasteiger partial charge in [-0.3, -0.25) is 4.79 Å². The zero-order chi connectivity index (χ0) is 22.5. The predicted molar refractivity (Wildman–Crippen MR) is 127 cm³/mol. The summed E-state index contributed by atoms with van der Waals surface area (Å²) in [6.07, 6.45) is 2.22. The number of halogens is 1. The van der Waals surface area contributed by atoms with Crippen molar-refractivity contribution in [2.45, 2.75) is 58.7 Å². The Morgan fingerprint density at radius 1 is 1.26 bits per heavy atom. The molecule has 3 rings (SSSR count). The number of ether oxygens (including phenoxy) is 2. The molecule has 1 N–H and O–H groups in total. The average molecular weight is 509 g/mol. The number of Topliss-reactive ketones (excluding diaryl/α,β-unsaturated/α-hetero) is 1. The van der Waals surface area contributed by atoms with Gasteiger partial charge in [0.2, 0.25) is 11.1 Å². The Morgan fingerprint density at radius 2 is 2.00 bits per heavy atom. The van der Waals surface area contributed by atoms with Crippen molar-refractivity contribution >= 4 is 39.4 Å². The lowest BCUT2D eigenvalue weighted by molar-refractivity contribution is -0.114. The molecule has 1 aromatic carbocycles. The summed E-state index contributed by atoms with van der Waals surface area (Å²) in [6.45, 7) is 10.5. The second-order valence-corrected chi connectivity index (χ2v) is 9.10. The lowest BCUT2D eigenvalue weighted by atomic mass is 9.93. The number of thioether (sulfide) groups is 1. The van der Waals surface area contributed by atoms with Crippen LogP contribution in [0, 0.1) is 0 Å². The smallest absolute Gasteiger partial charge is 0.227 e. The molecule has 0 amide bonds. The normalized spacial score (nSPS) is 15.5. The third-order valence-electron chi connectivity index (χ3n) is 4.88. The fourth-order valence-corrected chi connectivity index (χ4v) is 5.04. The van der Waals surface area contributed by atoms with Gasteiger partial charge in [-0.25, -0.2) is 4.68 Å². The Bertz CT molecular complexity index is 989. The highest BCUT2D eigenvalue weighted by atomic mass is 79.9. The van der Waals surface area contributed by atoms with E-state index in [-0.39, 0.29) is 5.78 Å². The number of hydrogen-bond donors (Lipinski definition) is 1. The number of nitrogens with zero attached hydrogens (tertiary/aromatic N) is 3. The SMILES string of the molecule is CCCCSc1nc2n(n1)C(c1cc(Br)c(OCC)c(OCC)c1)C(C(C)=O)=C(C)N2. The standard InChI is InChI=1S/C22H29BrN4O3S/c1-6-9-10-31-22-25-21-24-13(4)18(14(5)28)19(27(21)26-22)15-11-16(23)20(30-8-3)17(12-15)29-7-2/h11-12,19H,6-10H2,1-5H3,(H,24,25,26). The molecular weight excluding hydrogens is 480 g/mol. The van der Waals surface area contributed by atoms with Crippen LogP contribution in [0.15, 0.2) is 33.0 Å². The Morgan fingerprint density at radius 3 is 2.65 bits per heavy atom. The molecule has 1 atom stereocenters. The second kappa shape index (κ2) is 10.5. The molecule has 1 aliphatic rings. The van der Waals surface area contributed by atoms with Gasteiger partial charge in [0.25, 0.3) is 0 Å². The number of benzene rings is 1. The van der Waals surface area contributed by atoms with Crippen LogP contribution in [-0.2, 0) is 4.79 Å². The van der Waals surface area contributed by atoms with E-state index in [1.54, 1.807) is 23.4 Å². The molecule has 0 fully saturated rings. The van der Waals surface area contributed by atoms with E-state index in [0.29, 0.717) is 41.4 Å². The Labute approximate surface area is 196 Å². The van der Waals surface area contributed by atoms with Gasteiger partial charge in [-0.05, 0) is 67.7 Å². The van der Waals surface area contributed by atoms with Gasteiger partial charge in [0.15, 0.2) is 17.3 Å². The number of ketones is 1. The quantitative estimate of drug-likeness (QED) is 0.330. The topological polar surface area (TPSA) is 78.3 Å². The fourth-order valence-electron chi connectivity index (χ4n) is 3.56. The van der Waals surface area contributed by atoms with Crippen molar-refractivity contribution < 1.29 is 14.3 Å². The van der Waals surface area contributed by atoms with Gasteiger partial charge in [0.1, 0.15) is 6.04 Å². The molecule has 2 aromatic rings. The summed E-state index contributed by atoms with van der Waals surface area (Å²) in [5.74, 6) is 2.86. The summed E-state index contributed by atoms with van der Waals surface area (Å²) >= 11 is 5.25. The number of anilines is 1. The Balaban J connectivity index is 2.12. The van der Waals surface area contributed by atoms with Gasteiger partial charge >= 0.3 is 0 Å². The molecule has 168 valence electrons. The molecule has 7 nitrogen and oxygen atoms in total. The van der Waals surface area contributed by atoms with Gasteiger partial charge in [0.05, 0.1) is 17.7 Å². The number of hydrogen-bond acceptors (Lipinski definition) is 7. The first-order chi connectivity index (χ1) is 14.9. The number of nitrogens with one attached hydrogen (secondary N) is 1. The van der Waals surface area contributed by atoms with E-state index < -0.39 is 6.04 Å². The fraction of sp³-hybridized carbons (Fsp3) is 0.500. The average Bonchev–Trinajstić information content (AvgIpc) is 3.11. The van der Waals surface area contributed by atoms with Crippen molar-refractivity contribution in [1.82, 2.24) is 14.8 Å². The molecule has 2 heterocycles. The minimum atomic E-state index is -0.409. The largest absolute Gasteiger partial charge is 0.490 e. The number of unbranched alkanes of at least 4 members (excludes halogenated alkanes) is 1. The first kappa shape index (κ1) is 23.7. The van der Waals surface area contributed by atoms with Crippen molar-refractivity contribution in [1.29, 1.82) is 0 Å². The maximum atomic E-state index is 12.7. The lowest BCUT2D eigenvalue weighted by Gasteiger charge is -2.28. The molecule has 1 aromatic heterocycles.